The minimum absolute atomic E-state index is 0.0870. The van der Waals surface area contributed by atoms with Gasteiger partial charge in [-0.3, -0.25) is 14.6 Å². The molecule has 0 spiro atoms. The first-order valence-corrected chi connectivity index (χ1v) is 8.26. The first kappa shape index (κ1) is 16.2. The number of aryl methyl sites for hydroxylation is 1. The molecule has 1 aromatic carbocycles. The Balaban J connectivity index is 1.94. The SMILES string of the molecule is CCCc1ccc(C(=O)N2CC(C)C(=O)Nc3ccncc32)cc1. The van der Waals surface area contributed by atoms with Gasteiger partial charge in [-0.1, -0.05) is 32.4 Å². The van der Waals surface area contributed by atoms with Gasteiger partial charge in [-0.15, -0.1) is 0 Å². The number of pyridine rings is 1. The number of amides is 2. The van der Waals surface area contributed by atoms with Crippen molar-refractivity contribution in [3.63, 3.8) is 0 Å². The molecule has 1 atom stereocenters. The number of aromatic nitrogens is 1. The summed E-state index contributed by atoms with van der Waals surface area (Å²) in [5.74, 6) is -0.493. The van der Waals surface area contributed by atoms with Crippen molar-refractivity contribution >= 4 is 23.2 Å². The zero-order valence-corrected chi connectivity index (χ0v) is 14.0. The van der Waals surface area contributed by atoms with Gasteiger partial charge in [0, 0.05) is 18.3 Å². The first-order valence-electron chi connectivity index (χ1n) is 8.26. The van der Waals surface area contributed by atoms with Crippen LogP contribution in [-0.2, 0) is 11.2 Å². The molecule has 0 saturated heterocycles. The number of hydrogen-bond acceptors (Lipinski definition) is 3. The molecule has 0 fully saturated rings. The van der Waals surface area contributed by atoms with Gasteiger partial charge in [0.15, 0.2) is 0 Å². The molecule has 5 heteroatoms. The fourth-order valence-electron chi connectivity index (χ4n) is 2.87. The fourth-order valence-corrected chi connectivity index (χ4v) is 2.87. The smallest absolute Gasteiger partial charge is 0.258 e. The molecular weight excluding hydrogens is 302 g/mol. The van der Waals surface area contributed by atoms with Gasteiger partial charge in [0.05, 0.1) is 23.5 Å². The molecule has 2 aromatic rings. The van der Waals surface area contributed by atoms with Crippen LogP contribution in [0.2, 0.25) is 0 Å². The van der Waals surface area contributed by atoms with Gasteiger partial charge < -0.3 is 10.2 Å². The predicted molar refractivity (Wildman–Crippen MR) is 94.1 cm³/mol. The van der Waals surface area contributed by atoms with Crippen LogP contribution in [0.1, 0.15) is 36.2 Å². The number of carbonyl (C=O) groups excluding carboxylic acids is 2. The molecule has 5 nitrogen and oxygen atoms in total. The number of rotatable bonds is 3. The van der Waals surface area contributed by atoms with Gasteiger partial charge in [-0.25, -0.2) is 0 Å². The van der Waals surface area contributed by atoms with Gasteiger partial charge in [0.25, 0.3) is 5.91 Å². The average molecular weight is 323 g/mol. The van der Waals surface area contributed by atoms with E-state index in [9.17, 15) is 9.59 Å². The van der Waals surface area contributed by atoms with Crippen LogP contribution in [0, 0.1) is 5.92 Å². The summed E-state index contributed by atoms with van der Waals surface area (Å²) in [4.78, 5) is 30.9. The molecule has 124 valence electrons. The average Bonchev–Trinajstić information content (AvgIpc) is 2.72. The van der Waals surface area contributed by atoms with Crippen LogP contribution in [0.15, 0.2) is 42.7 Å². The molecule has 0 radical (unpaired) electrons. The maximum atomic E-state index is 13.0. The maximum absolute atomic E-state index is 13.0. The molecule has 3 rings (SSSR count). The highest BCUT2D eigenvalue weighted by Gasteiger charge is 2.29. The maximum Gasteiger partial charge on any atom is 0.258 e. The van der Waals surface area contributed by atoms with E-state index < -0.39 is 0 Å². The van der Waals surface area contributed by atoms with Crippen molar-refractivity contribution in [2.75, 3.05) is 16.8 Å². The summed E-state index contributed by atoms with van der Waals surface area (Å²) in [5.41, 5.74) is 3.09. The number of anilines is 2. The molecule has 1 aliphatic rings. The lowest BCUT2D eigenvalue weighted by Crippen LogP contribution is -2.35. The predicted octanol–water partition coefficient (Wildman–Crippen LogP) is 3.27. The van der Waals surface area contributed by atoms with Crippen molar-refractivity contribution in [3.8, 4) is 0 Å². The minimum Gasteiger partial charge on any atom is -0.324 e. The summed E-state index contributed by atoms with van der Waals surface area (Å²) in [6.45, 7) is 4.28. The molecule has 1 aromatic heterocycles. The minimum atomic E-state index is -0.291. The zero-order valence-electron chi connectivity index (χ0n) is 14.0. The van der Waals surface area contributed by atoms with Crippen LogP contribution in [0.25, 0.3) is 0 Å². The molecule has 0 bridgehead atoms. The Bertz CT molecular complexity index is 755. The van der Waals surface area contributed by atoms with Crippen LogP contribution in [0.4, 0.5) is 11.4 Å². The van der Waals surface area contributed by atoms with E-state index >= 15 is 0 Å². The molecule has 2 amide bonds. The van der Waals surface area contributed by atoms with E-state index in [1.807, 2.05) is 31.2 Å². The Morgan fingerprint density at radius 2 is 2.04 bits per heavy atom. The fraction of sp³-hybridized carbons (Fsp3) is 0.316. The van der Waals surface area contributed by atoms with Crippen molar-refractivity contribution in [2.24, 2.45) is 5.92 Å². The molecule has 1 unspecified atom stereocenters. The van der Waals surface area contributed by atoms with Gasteiger partial charge in [0.1, 0.15) is 0 Å². The molecule has 24 heavy (non-hydrogen) atoms. The Kier molecular flexibility index (Phi) is 4.60. The summed E-state index contributed by atoms with van der Waals surface area (Å²) >= 11 is 0. The highest BCUT2D eigenvalue weighted by molar-refractivity contribution is 6.10. The second-order valence-corrected chi connectivity index (χ2v) is 6.15. The van der Waals surface area contributed by atoms with Crippen LogP contribution < -0.4 is 10.2 Å². The standard InChI is InChI=1S/C19H21N3O2/c1-3-4-14-5-7-15(8-6-14)19(24)22-12-13(2)18(23)21-16-9-10-20-11-17(16)22/h5-11,13H,3-4,12H2,1-2H3,(H,21,23). The monoisotopic (exact) mass is 323 g/mol. The van der Waals surface area contributed by atoms with Gasteiger partial charge in [-0.2, -0.15) is 0 Å². The number of benzene rings is 1. The van der Waals surface area contributed by atoms with Gasteiger partial charge in [0.2, 0.25) is 5.91 Å². The Morgan fingerprint density at radius 1 is 1.29 bits per heavy atom. The van der Waals surface area contributed by atoms with Gasteiger partial charge in [-0.05, 0) is 30.2 Å². The van der Waals surface area contributed by atoms with E-state index in [4.69, 9.17) is 0 Å². The van der Waals surface area contributed by atoms with Crippen LogP contribution in [0.5, 0.6) is 0 Å². The first-order chi connectivity index (χ1) is 11.6. The topological polar surface area (TPSA) is 62.3 Å². The van der Waals surface area contributed by atoms with Crippen LogP contribution in [-0.4, -0.2) is 23.3 Å². The third-order valence-electron chi connectivity index (χ3n) is 4.24. The second-order valence-electron chi connectivity index (χ2n) is 6.15. The van der Waals surface area contributed by atoms with E-state index in [-0.39, 0.29) is 17.7 Å². The van der Waals surface area contributed by atoms with Crippen molar-refractivity contribution in [3.05, 3.63) is 53.9 Å². The van der Waals surface area contributed by atoms with Crippen molar-refractivity contribution in [1.82, 2.24) is 4.98 Å². The molecular formula is C19H21N3O2. The molecule has 2 heterocycles. The van der Waals surface area contributed by atoms with E-state index in [0.717, 1.165) is 12.8 Å². The number of fused-ring (bicyclic) bond motifs is 1. The largest absolute Gasteiger partial charge is 0.324 e. The lowest BCUT2D eigenvalue weighted by Gasteiger charge is -2.23. The van der Waals surface area contributed by atoms with Gasteiger partial charge >= 0.3 is 0 Å². The van der Waals surface area contributed by atoms with E-state index in [2.05, 4.69) is 17.2 Å². The van der Waals surface area contributed by atoms with E-state index in [1.54, 1.807) is 23.4 Å². The zero-order chi connectivity index (χ0) is 17.1. The molecule has 1 aliphatic heterocycles. The summed E-state index contributed by atoms with van der Waals surface area (Å²) in [6.07, 6.45) is 5.30. The van der Waals surface area contributed by atoms with E-state index in [0.29, 0.717) is 23.5 Å². The number of nitrogens with zero attached hydrogens (tertiary/aromatic N) is 2. The second kappa shape index (κ2) is 6.83. The summed E-state index contributed by atoms with van der Waals surface area (Å²) < 4.78 is 0. The van der Waals surface area contributed by atoms with Crippen LogP contribution in [0.3, 0.4) is 0 Å². The summed E-state index contributed by atoms with van der Waals surface area (Å²) in [6, 6.07) is 9.41. The lowest BCUT2D eigenvalue weighted by atomic mass is 10.1. The molecule has 1 N–H and O–H groups in total. The van der Waals surface area contributed by atoms with Crippen molar-refractivity contribution in [2.45, 2.75) is 26.7 Å². The van der Waals surface area contributed by atoms with Crippen molar-refractivity contribution in [1.29, 1.82) is 0 Å². The third-order valence-corrected chi connectivity index (χ3v) is 4.24. The Labute approximate surface area is 141 Å². The third kappa shape index (κ3) is 3.15. The molecule has 0 saturated carbocycles. The van der Waals surface area contributed by atoms with Crippen molar-refractivity contribution < 1.29 is 9.59 Å². The number of carbonyl (C=O) groups is 2. The normalized spacial score (nSPS) is 17.0. The summed E-state index contributed by atoms with van der Waals surface area (Å²) in [5, 5.41) is 2.86. The molecule has 0 aliphatic carbocycles. The van der Waals surface area contributed by atoms with Crippen LogP contribution >= 0.6 is 0 Å². The van der Waals surface area contributed by atoms with E-state index in [1.165, 1.54) is 5.56 Å². The Hall–Kier alpha value is -2.69. The summed E-state index contributed by atoms with van der Waals surface area (Å²) in [7, 11) is 0. The lowest BCUT2D eigenvalue weighted by molar-refractivity contribution is -0.119. The number of nitrogens with one attached hydrogen (secondary N) is 1. The quantitative estimate of drug-likeness (QED) is 0.943. The Morgan fingerprint density at radius 3 is 2.75 bits per heavy atom. The number of hydrogen-bond donors (Lipinski definition) is 1. The highest BCUT2D eigenvalue weighted by Crippen LogP contribution is 2.30. The highest BCUT2D eigenvalue weighted by atomic mass is 16.2.